The lowest BCUT2D eigenvalue weighted by molar-refractivity contribution is 0.0949. The minimum Gasteiger partial charge on any atom is -0.399 e. The summed E-state index contributed by atoms with van der Waals surface area (Å²) in [6.07, 6.45) is 0. The highest BCUT2D eigenvalue weighted by molar-refractivity contribution is 5.94. The maximum absolute atomic E-state index is 12.1. The van der Waals surface area contributed by atoms with Gasteiger partial charge >= 0.3 is 0 Å². The Balaban J connectivity index is 0.00000441. The van der Waals surface area contributed by atoms with Crippen molar-refractivity contribution in [2.45, 2.75) is 13.8 Å². The van der Waals surface area contributed by atoms with Gasteiger partial charge in [-0.2, -0.15) is 0 Å². The number of nitrogens with zero attached hydrogens (tertiary/aromatic N) is 1. The molecule has 0 unspecified atom stereocenters. The SMILES string of the molecule is Cl.[2H]c1c([2H])c(C(=O)NCCN(CC)CC)c([2H])c([2H])c1N. The number of amides is 1. The van der Waals surface area contributed by atoms with E-state index in [0.717, 1.165) is 13.1 Å². The van der Waals surface area contributed by atoms with E-state index in [4.69, 9.17) is 11.2 Å². The molecule has 0 radical (unpaired) electrons. The highest BCUT2D eigenvalue weighted by Crippen LogP contribution is 2.04. The summed E-state index contributed by atoms with van der Waals surface area (Å²) in [5.41, 5.74) is 4.96. The largest absolute Gasteiger partial charge is 0.399 e. The van der Waals surface area contributed by atoms with Gasteiger partial charge in [-0.15, -0.1) is 12.4 Å². The van der Waals surface area contributed by atoms with Crippen molar-refractivity contribution in [3.05, 3.63) is 29.7 Å². The molecule has 5 heteroatoms. The number of rotatable bonds is 6. The Morgan fingerprint density at radius 2 is 1.89 bits per heavy atom. The van der Waals surface area contributed by atoms with Crippen molar-refractivity contribution in [3.63, 3.8) is 0 Å². The third kappa shape index (κ3) is 5.38. The first-order valence-corrected chi connectivity index (χ1v) is 5.71. The van der Waals surface area contributed by atoms with Crippen molar-refractivity contribution in [1.82, 2.24) is 10.2 Å². The lowest BCUT2D eigenvalue weighted by Gasteiger charge is -2.17. The van der Waals surface area contributed by atoms with Crippen LogP contribution in [0.25, 0.3) is 0 Å². The highest BCUT2D eigenvalue weighted by Gasteiger charge is 2.05. The van der Waals surface area contributed by atoms with Gasteiger partial charge in [0.2, 0.25) is 0 Å². The molecule has 4 nitrogen and oxygen atoms in total. The molecule has 1 rings (SSSR count). The van der Waals surface area contributed by atoms with Gasteiger partial charge in [0.05, 0.1) is 5.48 Å². The Kier molecular flexibility index (Phi) is 5.19. The predicted molar refractivity (Wildman–Crippen MR) is 78.2 cm³/mol. The number of nitrogens with two attached hydrogens (primary N) is 1. The van der Waals surface area contributed by atoms with Gasteiger partial charge in [0.25, 0.3) is 5.91 Å². The molecule has 0 aromatic heterocycles. The number of halogens is 1. The third-order valence-electron chi connectivity index (χ3n) is 2.48. The van der Waals surface area contributed by atoms with Crippen molar-refractivity contribution in [2.75, 3.05) is 31.9 Å². The first kappa shape index (κ1) is 10.6. The zero-order valence-corrected chi connectivity index (χ0v) is 11.5. The number of hydrogen-bond donors (Lipinski definition) is 2. The molecule has 1 amide bonds. The fourth-order valence-corrected chi connectivity index (χ4v) is 1.39. The zero-order chi connectivity index (χ0) is 16.2. The number of carbonyl (C=O) groups excluding carboxylic acids is 1. The first-order valence-electron chi connectivity index (χ1n) is 7.71. The summed E-state index contributed by atoms with van der Waals surface area (Å²) < 4.78 is 30.7. The summed E-state index contributed by atoms with van der Waals surface area (Å²) in [6, 6.07) is -1.59. The first-order chi connectivity index (χ1) is 9.84. The van der Waals surface area contributed by atoms with Crippen LogP contribution >= 0.6 is 12.4 Å². The third-order valence-corrected chi connectivity index (χ3v) is 2.48. The molecular formula is C13H22ClN3O. The molecule has 0 heterocycles. The number of carbonyl (C=O) groups is 1. The van der Waals surface area contributed by atoms with Crippen LogP contribution in [0.5, 0.6) is 0 Å². The van der Waals surface area contributed by atoms with Crippen LogP contribution in [0.4, 0.5) is 5.69 Å². The molecule has 0 aliphatic carbocycles. The van der Waals surface area contributed by atoms with Crippen LogP contribution in [0.3, 0.4) is 0 Å². The van der Waals surface area contributed by atoms with Crippen LogP contribution in [0.15, 0.2) is 24.2 Å². The predicted octanol–water partition coefficient (Wildman–Crippen LogP) is 1.76. The summed E-state index contributed by atoms with van der Waals surface area (Å²) >= 11 is 0. The quantitative estimate of drug-likeness (QED) is 0.778. The van der Waals surface area contributed by atoms with E-state index in [-0.39, 0.29) is 35.7 Å². The summed E-state index contributed by atoms with van der Waals surface area (Å²) in [7, 11) is 0. The standard InChI is InChI=1S/C13H21N3O.ClH/c1-3-16(4-2)10-9-15-13(17)11-5-7-12(14)8-6-11;/h5-8H,3-4,9-10,14H2,1-2H3,(H,15,17);1H/i5D,6D,7D,8D;. The number of hydrogen-bond acceptors (Lipinski definition) is 3. The molecular weight excluding hydrogens is 250 g/mol. The van der Waals surface area contributed by atoms with Crippen LogP contribution < -0.4 is 11.1 Å². The van der Waals surface area contributed by atoms with E-state index in [2.05, 4.69) is 10.2 Å². The minimum atomic E-state index is -0.612. The number of anilines is 1. The van der Waals surface area contributed by atoms with Gasteiger partial charge in [-0.25, -0.2) is 0 Å². The fourth-order valence-electron chi connectivity index (χ4n) is 1.39. The molecule has 0 saturated carbocycles. The van der Waals surface area contributed by atoms with Gasteiger partial charge < -0.3 is 16.0 Å². The normalized spacial score (nSPS) is 13.1. The van der Waals surface area contributed by atoms with Gasteiger partial charge in [0, 0.05) is 24.3 Å². The average molecular weight is 276 g/mol. The average Bonchev–Trinajstić information content (AvgIpc) is 2.47. The molecule has 1 aromatic rings. The van der Waals surface area contributed by atoms with E-state index in [1.807, 2.05) is 13.8 Å². The van der Waals surface area contributed by atoms with Crippen LogP contribution in [0, 0.1) is 0 Å². The second-order valence-electron chi connectivity index (χ2n) is 3.57. The maximum Gasteiger partial charge on any atom is 0.251 e. The van der Waals surface area contributed by atoms with E-state index in [0.29, 0.717) is 13.1 Å². The van der Waals surface area contributed by atoms with Crippen molar-refractivity contribution in [3.8, 4) is 0 Å². The van der Waals surface area contributed by atoms with Gasteiger partial charge in [-0.05, 0) is 37.3 Å². The van der Waals surface area contributed by atoms with Crippen LogP contribution in [0.2, 0.25) is 0 Å². The lowest BCUT2D eigenvalue weighted by Crippen LogP contribution is -2.34. The van der Waals surface area contributed by atoms with Crippen molar-refractivity contribution in [1.29, 1.82) is 0 Å². The smallest absolute Gasteiger partial charge is 0.251 e. The van der Waals surface area contributed by atoms with E-state index in [9.17, 15) is 4.79 Å². The second-order valence-corrected chi connectivity index (χ2v) is 3.57. The summed E-state index contributed by atoms with van der Waals surface area (Å²) in [5, 5.41) is 2.63. The molecule has 3 N–H and O–H groups in total. The molecule has 0 aliphatic heterocycles. The van der Waals surface area contributed by atoms with Gasteiger partial charge in [0.15, 0.2) is 0 Å². The number of likely N-dealkylation sites (N-methyl/N-ethyl adjacent to an activating group) is 1. The Hall–Kier alpha value is -1.26. The minimum absolute atomic E-state index is 0. The monoisotopic (exact) mass is 275 g/mol. The highest BCUT2D eigenvalue weighted by atomic mass is 35.5. The van der Waals surface area contributed by atoms with E-state index in [1.54, 1.807) is 0 Å². The summed E-state index contributed by atoms with van der Waals surface area (Å²) in [5.74, 6) is -0.612. The van der Waals surface area contributed by atoms with Crippen molar-refractivity contribution >= 4 is 24.0 Å². The molecule has 0 saturated heterocycles. The van der Waals surface area contributed by atoms with Crippen LogP contribution in [-0.2, 0) is 0 Å². The Bertz CT molecular complexity index is 510. The maximum atomic E-state index is 12.1. The van der Waals surface area contributed by atoms with Crippen molar-refractivity contribution in [2.24, 2.45) is 0 Å². The molecule has 1 aromatic carbocycles. The number of nitrogen functional groups attached to an aromatic ring is 1. The van der Waals surface area contributed by atoms with Crippen LogP contribution in [0.1, 0.15) is 29.7 Å². The molecule has 0 bridgehead atoms. The zero-order valence-electron chi connectivity index (χ0n) is 14.7. The Labute approximate surface area is 121 Å². The van der Waals surface area contributed by atoms with Crippen molar-refractivity contribution < 1.29 is 10.3 Å². The topological polar surface area (TPSA) is 58.4 Å². The molecule has 0 atom stereocenters. The summed E-state index contributed by atoms with van der Waals surface area (Å²) in [4.78, 5) is 14.2. The molecule has 0 fully saturated rings. The Morgan fingerprint density at radius 1 is 1.33 bits per heavy atom. The van der Waals surface area contributed by atoms with Gasteiger partial charge in [0.1, 0.15) is 0 Å². The molecule has 102 valence electrons. The molecule has 0 aliphatic rings. The molecule has 0 spiro atoms. The van der Waals surface area contributed by atoms with E-state index in [1.165, 1.54) is 0 Å². The number of nitrogens with one attached hydrogen (secondary N) is 1. The molecule has 18 heavy (non-hydrogen) atoms. The van der Waals surface area contributed by atoms with Gasteiger partial charge in [-0.3, -0.25) is 4.79 Å². The fraction of sp³-hybridized carbons (Fsp3) is 0.462. The van der Waals surface area contributed by atoms with Crippen LogP contribution in [-0.4, -0.2) is 37.0 Å². The van der Waals surface area contributed by atoms with E-state index >= 15 is 0 Å². The summed E-state index contributed by atoms with van der Waals surface area (Å²) in [6.45, 7) is 6.83. The lowest BCUT2D eigenvalue weighted by atomic mass is 10.2. The Morgan fingerprint density at radius 3 is 2.39 bits per heavy atom. The second kappa shape index (κ2) is 8.78. The van der Waals surface area contributed by atoms with E-state index < -0.39 is 18.0 Å². The van der Waals surface area contributed by atoms with Gasteiger partial charge in [-0.1, -0.05) is 13.8 Å². The number of benzene rings is 1.